The van der Waals surface area contributed by atoms with E-state index in [1.807, 2.05) is 5.38 Å². The highest BCUT2D eigenvalue weighted by Crippen LogP contribution is 2.29. The third kappa shape index (κ3) is 2.55. The monoisotopic (exact) mass is 310 g/mol. The summed E-state index contributed by atoms with van der Waals surface area (Å²) >= 11 is 7.12. The molecule has 0 aliphatic carbocycles. The minimum absolute atomic E-state index is 0.0511. The summed E-state index contributed by atoms with van der Waals surface area (Å²) in [5, 5.41) is 2.60. The molecule has 6 heteroatoms. The average Bonchev–Trinajstić information content (AvgIpc) is 3.04. The lowest BCUT2D eigenvalue weighted by Gasteiger charge is -2.16. The fraction of sp³-hybridized carbons (Fsp3) is 0.286. The van der Waals surface area contributed by atoms with Crippen molar-refractivity contribution >= 4 is 34.5 Å². The van der Waals surface area contributed by atoms with Crippen LogP contribution in [0, 0.1) is 5.82 Å². The van der Waals surface area contributed by atoms with Gasteiger partial charge in [0.1, 0.15) is 10.8 Å². The maximum atomic E-state index is 13.3. The van der Waals surface area contributed by atoms with Gasteiger partial charge in [-0.1, -0.05) is 6.07 Å². The molecule has 2 heterocycles. The van der Waals surface area contributed by atoms with Crippen LogP contribution in [0.2, 0.25) is 0 Å². The molecule has 0 unspecified atom stereocenters. The number of anilines is 1. The van der Waals surface area contributed by atoms with E-state index in [0.29, 0.717) is 18.1 Å². The molecule has 20 heavy (non-hydrogen) atoms. The molecular formula is C14H12ClFN2OS. The molecule has 0 spiro atoms. The Morgan fingerprint density at radius 3 is 3.10 bits per heavy atom. The van der Waals surface area contributed by atoms with Crippen LogP contribution in [0.15, 0.2) is 23.6 Å². The predicted molar refractivity (Wildman–Crippen MR) is 77.8 cm³/mol. The Labute approximate surface area is 125 Å². The molecule has 0 saturated heterocycles. The van der Waals surface area contributed by atoms with Crippen molar-refractivity contribution in [2.75, 3.05) is 11.4 Å². The molecule has 104 valence electrons. The molecule has 1 aliphatic heterocycles. The summed E-state index contributed by atoms with van der Waals surface area (Å²) in [4.78, 5) is 18.2. The molecule has 0 atom stereocenters. The van der Waals surface area contributed by atoms with Crippen LogP contribution in [0.4, 0.5) is 10.1 Å². The van der Waals surface area contributed by atoms with Crippen LogP contribution < -0.4 is 4.90 Å². The second-order valence-electron chi connectivity index (χ2n) is 4.61. The number of hydrogen-bond donors (Lipinski definition) is 0. The van der Waals surface area contributed by atoms with Crippen LogP contribution >= 0.6 is 22.9 Å². The first kappa shape index (κ1) is 13.5. The molecule has 0 fully saturated rings. The number of hydrogen-bond acceptors (Lipinski definition) is 3. The fourth-order valence-corrected chi connectivity index (χ4v) is 3.34. The van der Waals surface area contributed by atoms with Crippen molar-refractivity contribution in [3.63, 3.8) is 0 Å². The SMILES string of the molecule is O=C(Cc1nc(CCl)cs1)N1CCc2ccc(F)cc21. The summed E-state index contributed by atoms with van der Waals surface area (Å²) in [6.07, 6.45) is 1.00. The van der Waals surface area contributed by atoms with Crippen molar-refractivity contribution in [2.45, 2.75) is 18.7 Å². The van der Waals surface area contributed by atoms with Crippen LogP contribution in [0.1, 0.15) is 16.3 Å². The Balaban J connectivity index is 1.78. The lowest BCUT2D eigenvalue weighted by Crippen LogP contribution is -2.30. The molecule has 0 saturated carbocycles. The number of benzene rings is 1. The second-order valence-corrected chi connectivity index (χ2v) is 5.82. The normalized spacial score (nSPS) is 13.6. The van der Waals surface area contributed by atoms with Gasteiger partial charge in [-0.15, -0.1) is 22.9 Å². The zero-order valence-corrected chi connectivity index (χ0v) is 12.2. The van der Waals surface area contributed by atoms with Crippen molar-refractivity contribution in [1.29, 1.82) is 0 Å². The van der Waals surface area contributed by atoms with Crippen LogP contribution in [0.3, 0.4) is 0 Å². The predicted octanol–water partition coefficient (Wildman–Crippen LogP) is 3.15. The Morgan fingerprint density at radius 1 is 1.50 bits per heavy atom. The van der Waals surface area contributed by atoms with Gasteiger partial charge in [-0.3, -0.25) is 4.79 Å². The number of fused-ring (bicyclic) bond motifs is 1. The van der Waals surface area contributed by atoms with Crippen molar-refractivity contribution in [2.24, 2.45) is 0 Å². The first-order valence-corrected chi connectivity index (χ1v) is 7.67. The van der Waals surface area contributed by atoms with E-state index in [0.717, 1.165) is 22.7 Å². The zero-order valence-electron chi connectivity index (χ0n) is 10.6. The third-order valence-corrected chi connectivity index (χ3v) is 4.45. The summed E-state index contributed by atoms with van der Waals surface area (Å²) < 4.78 is 13.3. The molecule has 1 amide bonds. The second kappa shape index (κ2) is 5.50. The Bertz CT molecular complexity index is 658. The quantitative estimate of drug-likeness (QED) is 0.816. The maximum absolute atomic E-state index is 13.3. The standard InChI is InChI=1S/C14H12ClFN2OS/c15-7-11-8-20-13(17-11)6-14(19)18-4-3-9-1-2-10(16)5-12(9)18/h1-2,5,8H,3-4,6-7H2. The average molecular weight is 311 g/mol. The molecule has 1 aromatic carbocycles. The Kier molecular flexibility index (Phi) is 3.72. The largest absolute Gasteiger partial charge is 0.311 e. The number of carbonyl (C=O) groups is 1. The van der Waals surface area contributed by atoms with Crippen LogP contribution in [0.25, 0.3) is 0 Å². The van der Waals surface area contributed by atoms with Gasteiger partial charge in [0.25, 0.3) is 0 Å². The highest BCUT2D eigenvalue weighted by atomic mass is 35.5. The number of carbonyl (C=O) groups excluding carboxylic acids is 1. The molecule has 3 nitrogen and oxygen atoms in total. The maximum Gasteiger partial charge on any atom is 0.233 e. The molecule has 0 N–H and O–H groups in total. The van der Waals surface area contributed by atoms with Gasteiger partial charge in [0, 0.05) is 17.6 Å². The van der Waals surface area contributed by atoms with E-state index in [9.17, 15) is 9.18 Å². The van der Waals surface area contributed by atoms with E-state index >= 15 is 0 Å². The first-order valence-electron chi connectivity index (χ1n) is 6.25. The van der Waals surface area contributed by atoms with E-state index in [4.69, 9.17) is 11.6 Å². The number of amides is 1. The third-order valence-electron chi connectivity index (χ3n) is 3.28. The number of halogens is 2. The Hall–Kier alpha value is -1.46. The van der Waals surface area contributed by atoms with Gasteiger partial charge in [0.05, 0.1) is 18.0 Å². The highest BCUT2D eigenvalue weighted by Gasteiger charge is 2.25. The van der Waals surface area contributed by atoms with Crippen molar-refractivity contribution in [1.82, 2.24) is 4.98 Å². The van der Waals surface area contributed by atoms with Crippen molar-refractivity contribution in [3.05, 3.63) is 45.7 Å². The number of nitrogens with zero attached hydrogens (tertiary/aromatic N) is 2. The lowest BCUT2D eigenvalue weighted by molar-refractivity contribution is -0.117. The van der Waals surface area contributed by atoms with Crippen molar-refractivity contribution < 1.29 is 9.18 Å². The van der Waals surface area contributed by atoms with Crippen LogP contribution in [-0.4, -0.2) is 17.4 Å². The number of alkyl halides is 1. The van der Waals surface area contributed by atoms with Gasteiger partial charge in [-0.2, -0.15) is 0 Å². The molecule has 1 aromatic heterocycles. The number of thiazole rings is 1. The van der Waals surface area contributed by atoms with E-state index in [1.165, 1.54) is 23.5 Å². The molecule has 0 radical (unpaired) electrons. The number of rotatable bonds is 3. The van der Waals surface area contributed by atoms with Gasteiger partial charge in [-0.05, 0) is 24.1 Å². The summed E-state index contributed by atoms with van der Waals surface area (Å²) in [6.45, 7) is 0.603. The summed E-state index contributed by atoms with van der Waals surface area (Å²) in [5.74, 6) is -0.0189. The van der Waals surface area contributed by atoms with E-state index < -0.39 is 0 Å². The summed E-state index contributed by atoms with van der Waals surface area (Å²) in [5.41, 5.74) is 2.48. The van der Waals surface area contributed by atoms with E-state index in [-0.39, 0.29) is 18.1 Å². The molecular weight excluding hydrogens is 299 g/mol. The van der Waals surface area contributed by atoms with Gasteiger partial charge < -0.3 is 4.90 Å². The summed E-state index contributed by atoms with van der Waals surface area (Å²) in [6, 6.07) is 4.60. The van der Waals surface area contributed by atoms with Gasteiger partial charge >= 0.3 is 0 Å². The smallest absolute Gasteiger partial charge is 0.233 e. The number of aromatic nitrogens is 1. The highest BCUT2D eigenvalue weighted by molar-refractivity contribution is 7.09. The van der Waals surface area contributed by atoms with Gasteiger partial charge in [0.2, 0.25) is 5.91 Å². The van der Waals surface area contributed by atoms with Crippen molar-refractivity contribution in [3.8, 4) is 0 Å². The fourth-order valence-electron chi connectivity index (χ4n) is 2.33. The molecule has 1 aliphatic rings. The lowest BCUT2D eigenvalue weighted by atomic mass is 10.2. The first-order chi connectivity index (χ1) is 9.67. The topological polar surface area (TPSA) is 33.2 Å². The van der Waals surface area contributed by atoms with E-state index in [1.54, 1.807) is 11.0 Å². The minimum atomic E-state index is -0.317. The van der Waals surface area contributed by atoms with Crippen LogP contribution in [-0.2, 0) is 23.5 Å². The van der Waals surface area contributed by atoms with E-state index in [2.05, 4.69) is 4.98 Å². The molecule has 0 bridgehead atoms. The molecule has 2 aromatic rings. The Morgan fingerprint density at radius 2 is 2.35 bits per heavy atom. The molecule has 3 rings (SSSR count). The van der Waals surface area contributed by atoms with Gasteiger partial charge in [0.15, 0.2) is 0 Å². The van der Waals surface area contributed by atoms with Gasteiger partial charge in [-0.25, -0.2) is 9.37 Å². The summed E-state index contributed by atoms with van der Waals surface area (Å²) in [7, 11) is 0. The zero-order chi connectivity index (χ0) is 14.1. The minimum Gasteiger partial charge on any atom is -0.311 e. The van der Waals surface area contributed by atoms with Crippen LogP contribution in [0.5, 0.6) is 0 Å².